The number of carbonyl (C=O) groups excluding carboxylic acids is 1. The van der Waals surface area contributed by atoms with Crippen LogP contribution in [0.25, 0.3) is 0 Å². The van der Waals surface area contributed by atoms with Gasteiger partial charge in [-0.1, -0.05) is 25.5 Å². The van der Waals surface area contributed by atoms with Crippen molar-refractivity contribution in [2.24, 2.45) is 5.92 Å². The maximum Gasteiger partial charge on any atom is 0.308 e. The van der Waals surface area contributed by atoms with Gasteiger partial charge in [0.15, 0.2) is 17.4 Å². The quantitative estimate of drug-likeness (QED) is 0.259. The van der Waals surface area contributed by atoms with Crippen LogP contribution < -0.4 is 19.1 Å². The molecule has 2 aliphatic heterocycles. The monoisotopic (exact) mass is 621 g/mol. The number of quaternary nitrogens is 1. The number of fused-ring (bicyclic) bond motifs is 1. The van der Waals surface area contributed by atoms with E-state index in [9.17, 15) is 14.7 Å². The molecule has 1 fully saturated rings. The Hall–Kier alpha value is -4.09. The first-order chi connectivity index (χ1) is 21.6. The summed E-state index contributed by atoms with van der Waals surface area (Å²) in [6, 6.07) is 11.4. The molecule has 0 radical (unpaired) electrons. The average molecular weight is 622 g/mol. The fraction of sp³-hybridized carbons (Fsp3) is 0.500. The second-order valence-electron chi connectivity index (χ2n) is 12.9. The molecule has 1 saturated heterocycles. The number of aryl methyl sites for hydroxylation is 1. The van der Waals surface area contributed by atoms with E-state index in [1.807, 2.05) is 34.1 Å². The molecular weight excluding hydrogens is 576 g/mol. The molecule has 5 rings (SSSR count). The maximum absolute atomic E-state index is 14.2. The molecule has 2 aromatic carbocycles. The lowest BCUT2D eigenvalue weighted by molar-refractivity contribution is -0.884. The number of carbonyl (C=O) groups is 2. The molecule has 0 aliphatic carbocycles. The molecule has 0 spiro atoms. The first-order valence-electron chi connectivity index (χ1n) is 15.6. The highest BCUT2D eigenvalue weighted by atomic mass is 16.7. The second-order valence-corrected chi connectivity index (χ2v) is 12.9. The maximum atomic E-state index is 14.2. The Labute approximate surface area is 264 Å². The Kier molecular flexibility index (Phi) is 9.99. The largest absolute Gasteiger partial charge is 0.493 e. The number of methoxy groups -OCH3 is 1. The summed E-state index contributed by atoms with van der Waals surface area (Å²) >= 11 is 0. The normalized spacial score (nSPS) is 19.5. The Bertz CT molecular complexity index is 1470. The van der Waals surface area contributed by atoms with Gasteiger partial charge in [-0.25, -0.2) is 4.98 Å². The van der Waals surface area contributed by atoms with E-state index in [1.165, 1.54) is 6.26 Å². The summed E-state index contributed by atoms with van der Waals surface area (Å²) in [5, 5.41) is 10.6. The predicted molar refractivity (Wildman–Crippen MR) is 169 cm³/mol. The summed E-state index contributed by atoms with van der Waals surface area (Å²) < 4.78 is 23.1. The van der Waals surface area contributed by atoms with Gasteiger partial charge in [-0.2, -0.15) is 0 Å². The molecule has 3 atom stereocenters. The van der Waals surface area contributed by atoms with Crippen LogP contribution in [-0.2, 0) is 22.6 Å². The number of unbranched alkanes of at least 4 members (excludes halogenated alkanes) is 1. The van der Waals surface area contributed by atoms with Crippen molar-refractivity contribution in [1.29, 1.82) is 0 Å². The molecule has 45 heavy (non-hydrogen) atoms. The molecule has 0 saturated carbocycles. The Morgan fingerprint density at radius 3 is 2.69 bits per heavy atom. The lowest BCUT2D eigenvalue weighted by Crippen LogP contribution is -2.44. The van der Waals surface area contributed by atoms with Crippen LogP contribution in [0.3, 0.4) is 0 Å². The van der Waals surface area contributed by atoms with E-state index in [-0.39, 0.29) is 19.2 Å². The van der Waals surface area contributed by atoms with E-state index >= 15 is 0 Å². The van der Waals surface area contributed by atoms with Crippen molar-refractivity contribution in [2.45, 2.75) is 51.1 Å². The highest BCUT2D eigenvalue weighted by molar-refractivity contribution is 5.95. The number of oxazole rings is 1. The number of hydrogen-bond acceptors (Lipinski definition) is 8. The van der Waals surface area contributed by atoms with Crippen molar-refractivity contribution in [3.63, 3.8) is 0 Å². The lowest BCUT2D eigenvalue weighted by Gasteiger charge is -2.30. The summed E-state index contributed by atoms with van der Waals surface area (Å²) in [6.45, 7) is 4.07. The van der Waals surface area contributed by atoms with E-state index in [0.717, 1.165) is 40.7 Å². The number of hydrogen-bond donors (Lipinski definition) is 1. The molecule has 0 bridgehead atoms. The Morgan fingerprint density at radius 2 is 2.00 bits per heavy atom. The minimum absolute atomic E-state index is 0.0555. The number of anilines is 1. The predicted octanol–water partition coefficient (Wildman–Crippen LogP) is 4.55. The third-order valence-corrected chi connectivity index (χ3v) is 8.53. The van der Waals surface area contributed by atoms with E-state index < -0.39 is 23.8 Å². The molecule has 2 aliphatic rings. The number of amides is 1. The number of rotatable bonds is 14. The van der Waals surface area contributed by atoms with Crippen molar-refractivity contribution in [2.75, 3.05) is 59.6 Å². The van der Waals surface area contributed by atoms with E-state index in [1.54, 1.807) is 13.3 Å². The van der Waals surface area contributed by atoms with Crippen molar-refractivity contribution in [3.05, 3.63) is 65.9 Å². The SMILES string of the molecule is CCCCN(C(=O)CN1CC(c2cc(OC)c3c(c2)OCO3)C(C(=O)O)C1CCc1ncco1)c1cccc(C[N+](C)(C)C)c1. The third-order valence-electron chi connectivity index (χ3n) is 8.53. The zero-order valence-electron chi connectivity index (χ0n) is 26.9. The number of ether oxygens (including phenoxy) is 3. The third kappa shape index (κ3) is 7.59. The summed E-state index contributed by atoms with van der Waals surface area (Å²) in [5.41, 5.74) is 2.79. The van der Waals surface area contributed by atoms with Crippen LogP contribution in [0.15, 0.2) is 53.3 Å². The van der Waals surface area contributed by atoms with Gasteiger partial charge >= 0.3 is 5.97 Å². The van der Waals surface area contributed by atoms with Crippen LogP contribution >= 0.6 is 0 Å². The van der Waals surface area contributed by atoms with Crippen LogP contribution in [0.5, 0.6) is 17.2 Å². The van der Waals surface area contributed by atoms with E-state index in [0.29, 0.717) is 49.1 Å². The van der Waals surface area contributed by atoms with Gasteiger partial charge in [0.1, 0.15) is 12.8 Å². The number of nitrogens with zero attached hydrogens (tertiary/aromatic N) is 4. The van der Waals surface area contributed by atoms with Crippen molar-refractivity contribution in [3.8, 4) is 17.2 Å². The number of likely N-dealkylation sites (tertiary alicyclic amines) is 1. The Balaban J connectivity index is 1.46. The number of aliphatic carboxylic acids is 1. The van der Waals surface area contributed by atoms with Crippen LogP contribution in [0, 0.1) is 5.92 Å². The number of aromatic nitrogens is 1. The summed E-state index contributed by atoms with van der Waals surface area (Å²) in [7, 11) is 7.98. The summed E-state index contributed by atoms with van der Waals surface area (Å²) in [5.74, 6) is -0.0943. The molecule has 11 heteroatoms. The molecular formula is C34H45N4O7+. The second kappa shape index (κ2) is 13.9. The molecule has 3 aromatic rings. The zero-order valence-corrected chi connectivity index (χ0v) is 26.9. The van der Waals surface area contributed by atoms with Gasteiger partial charge in [0, 0.05) is 42.7 Å². The number of benzene rings is 2. The van der Waals surface area contributed by atoms with E-state index in [4.69, 9.17) is 18.6 Å². The lowest BCUT2D eigenvalue weighted by atomic mass is 9.83. The molecule has 3 unspecified atom stereocenters. The van der Waals surface area contributed by atoms with Crippen LogP contribution in [-0.4, -0.2) is 92.1 Å². The van der Waals surface area contributed by atoms with Gasteiger partial charge in [-0.15, -0.1) is 0 Å². The smallest absolute Gasteiger partial charge is 0.308 e. The fourth-order valence-electron chi connectivity index (χ4n) is 6.55. The highest BCUT2D eigenvalue weighted by Gasteiger charge is 2.47. The topological polar surface area (TPSA) is 115 Å². The molecule has 3 heterocycles. The molecule has 1 amide bonds. The average Bonchev–Trinajstić information content (AvgIpc) is 3.75. The molecule has 242 valence electrons. The minimum atomic E-state index is -0.917. The molecule has 1 aromatic heterocycles. The molecule has 11 nitrogen and oxygen atoms in total. The summed E-state index contributed by atoms with van der Waals surface area (Å²) in [4.78, 5) is 35.3. The number of carboxylic acids is 1. The zero-order chi connectivity index (χ0) is 32.1. The standard InChI is InChI=1S/C34H44N4O7/c1-6-7-14-37(25-10-8-9-23(16-25)21-38(2,3)4)31(39)20-36-19-26(24-17-28(42-5)33-29(18-24)44-22-45-33)32(34(40)41)27(36)11-12-30-35-13-15-43-30/h8-10,13,15-18,26-27,32H,6-7,11-12,14,19-22H2,1-5H3/p+1. The van der Waals surface area contributed by atoms with Gasteiger partial charge in [-0.05, 0) is 42.7 Å². The Morgan fingerprint density at radius 1 is 1.18 bits per heavy atom. The van der Waals surface area contributed by atoms with Gasteiger partial charge < -0.3 is 33.1 Å². The fourth-order valence-corrected chi connectivity index (χ4v) is 6.55. The summed E-state index contributed by atoms with van der Waals surface area (Å²) in [6.07, 6.45) is 5.82. The van der Waals surface area contributed by atoms with Gasteiger partial charge in [-0.3, -0.25) is 14.5 Å². The molecule has 1 N–H and O–H groups in total. The van der Waals surface area contributed by atoms with Crippen molar-refractivity contribution in [1.82, 2.24) is 9.88 Å². The van der Waals surface area contributed by atoms with Crippen LogP contribution in [0.2, 0.25) is 0 Å². The van der Waals surface area contributed by atoms with E-state index in [2.05, 4.69) is 45.2 Å². The van der Waals surface area contributed by atoms with Gasteiger partial charge in [0.25, 0.3) is 0 Å². The van der Waals surface area contributed by atoms with Crippen molar-refractivity contribution >= 4 is 17.6 Å². The van der Waals surface area contributed by atoms with Gasteiger partial charge in [0.05, 0.1) is 46.9 Å². The van der Waals surface area contributed by atoms with Gasteiger partial charge in [0.2, 0.25) is 18.4 Å². The highest BCUT2D eigenvalue weighted by Crippen LogP contribution is 2.47. The van der Waals surface area contributed by atoms with Crippen molar-refractivity contribution < 1.29 is 37.8 Å². The van der Waals surface area contributed by atoms with Crippen LogP contribution in [0.1, 0.15) is 49.1 Å². The number of carboxylic acid groups (broad SMARTS) is 1. The first kappa shape index (κ1) is 32.3. The first-order valence-corrected chi connectivity index (χ1v) is 15.6. The van der Waals surface area contributed by atoms with Crippen LogP contribution in [0.4, 0.5) is 5.69 Å². The minimum Gasteiger partial charge on any atom is -0.493 e.